The van der Waals surface area contributed by atoms with Gasteiger partial charge in [0.25, 0.3) is 5.91 Å². The summed E-state index contributed by atoms with van der Waals surface area (Å²) in [7, 11) is 0. The van der Waals surface area contributed by atoms with Crippen LogP contribution >= 0.6 is 11.6 Å². The first kappa shape index (κ1) is 18.9. The van der Waals surface area contributed by atoms with Gasteiger partial charge in [-0.15, -0.1) is 0 Å². The summed E-state index contributed by atoms with van der Waals surface area (Å²) in [6.07, 6.45) is 0.181. The number of aromatic nitrogens is 2. The van der Waals surface area contributed by atoms with Gasteiger partial charge in [0.2, 0.25) is 11.7 Å². The maximum absolute atomic E-state index is 12.3. The van der Waals surface area contributed by atoms with Crippen molar-refractivity contribution in [2.75, 3.05) is 0 Å². The molecule has 1 atom stereocenters. The Bertz CT molecular complexity index is 926. The van der Waals surface area contributed by atoms with Crippen LogP contribution in [-0.4, -0.2) is 22.2 Å². The molecule has 27 heavy (non-hydrogen) atoms. The van der Waals surface area contributed by atoms with Crippen molar-refractivity contribution in [2.45, 2.75) is 32.9 Å². The van der Waals surface area contributed by atoms with Crippen LogP contribution in [0, 0.1) is 0 Å². The van der Waals surface area contributed by atoms with E-state index in [1.165, 1.54) is 0 Å². The lowest BCUT2D eigenvalue weighted by Crippen LogP contribution is -2.36. The zero-order chi connectivity index (χ0) is 19.2. The zero-order valence-corrected chi connectivity index (χ0v) is 15.9. The molecule has 0 aliphatic heterocycles. The van der Waals surface area contributed by atoms with Gasteiger partial charge in [0.15, 0.2) is 6.10 Å². The van der Waals surface area contributed by atoms with Crippen LogP contribution in [0.5, 0.6) is 5.75 Å². The van der Waals surface area contributed by atoms with Crippen molar-refractivity contribution in [3.8, 4) is 17.1 Å². The first-order valence-corrected chi connectivity index (χ1v) is 9.06. The number of rotatable bonds is 7. The zero-order valence-electron chi connectivity index (χ0n) is 15.1. The van der Waals surface area contributed by atoms with Crippen LogP contribution in [0.15, 0.2) is 53.1 Å². The Hall–Kier alpha value is -2.86. The Morgan fingerprint density at radius 3 is 2.74 bits per heavy atom. The number of ether oxygens (including phenoxy) is 1. The molecule has 1 aromatic heterocycles. The highest BCUT2D eigenvalue weighted by atomic mass is 35.5. The predicted molar refractivity (Wildman–Crippen MR) is 103 cm³/mol. The third kappa shape index (κ3) is 4.65. The minimum Gasteiger partial charge on any atom is -0.481 e. The quantitative estimate of drug-likeness (QED) is 0.664. The summed E-state index contributed by atoms with van der Waals surface area (Å²) >= 11 is 6.13. The second-order valence-corrected chi connectivity index (χ2v) is 6.34. The summed E-state index contributed by atoms with van der Waals surface area (Å²) in [5.74, 6) is 1.12. The molecule has 0 spiro atoms. The monoisotopic (exact) mass is 385 g/mol. The van der Waals surface area contributed by atoms with Crippen LogP contribution < -0.4 is 10.1 Å². The van der Waals surface area contributed by atoms with Crippen molar-refractivity contribution in [1.82, 2.24) is 15.5 Å². The molecule has 1 N–H and O–H groups in total. The number of carbonyl (C=O) groups is 1. The molecule has 6 nitrogen and oxygen atoms in total. The van der Waals surface area contributed by atoms with E-state index >= 15 is 0 Å². The third-order valence-electron chi connectivity index (χ3n) is 4.02. The number of nitrogens with zero attached hydrogens (tertiary/aromatic N) is 2. The lowest BCUT2D eigenvalue weighted by molar-refractivity contribution is -0.127. The average Bonchev–Trinajstić information content (AvgIpc) is 3.15. The molecule has 3 aromatic rings. The van der Waals surface area contributed by atoms with E-state index in [-0.39, 0.29) is 12.5 Å². The standard InChI is InChI=1S/C20H20ClN3O3/c1-3-14-8-4-7-11-17(14)26-13(2)20(25)22-12-18-23-19(24-27-18)15-9-5-6-10-16(15)21/h4-11,13H,3,12H2,1-2H3,(H,22,25)/t13-/m1/s1. The summed E-state index contributed by atoms with van der Waals surface area (Å²) in [5, 5.41) is 7.18. The van der Waals surface area contributed by atoms with Crippen molar-refractivity contribution in [1.29, 1.82) is 0 Å². The summed E-state index contributed by atoms with van der Waals surface area (Å²) in [4.78, 5) is 16.6. The number of hydrogen-bond acceptors (Lipinski definition) is 5. The molecule has 0 aliphatic rings. The number of amides is 1. The maximum Gasteiger partial charge on any atom is 0.261 e. The van der Waals surface area contributed by atoms with Gasteiger partial charge >= 0.3 is 0 Å². The van der Waals surface area contributed by atoms with E-state index in [9.17, 15) is 4.79 Å². The summed E-state index contributed by atoms with van der Waals surface area (Å²) in [5.41, 5.74) is 1.73. The van der Waals surface area contributed by atoms with Crippen LogP contribution in [0.1, 0.15) is 25.3 Å². The van der Waals surface area contributed by atoms with Crippen molar-refractivity contribution in [2.24, 2.45) is 0 Å². The fraction of sp³-hybridized carbons (Fsp3) is 0.250. The molecule has 140 valence electrons. The fourth-order valence-corrected chi connectivity index (χ4v) is 2.76. The topological polar surface area (TPSA) is 77.2 Å². The predicted octanol–water partition coefficient (Wildman–Crippen LogP) is 4.04. The van der Waals surface area contributed by atoms with Gasteiger partial charge in [-0.3, -0.25) is 4.79 Å². The number of para-hydroxylation sites is 1. The molecule has 0 fully saturated rings. The lowest BCUT2D eigenvalue weighted by Gasteiger charge is -2.16. The van der Waals surface area contributed by atoms with Crippen LogP contribution in [0.3, 0.4) is 0 Å². The number of benzene rings is 2. The summed E-state index contributed by atoms with van der Waals surface area (Å²) in [6.45, 7) is 3.85. The Labute approximate surface area is 162 Å². The van der Waals surface area contributed by atoms with E-state index < -0.39 is 6.10 Å². The Balaban J connectivity index is 1.58. The minimum absolute atomic E-state index is 0.111. The lowest BCUT2D eigenvalue weighted by atomic mass is 10.1. The van der Waals surface area contributed by atoms with Crippen LogP contribution in [-0.2, 0) is 17.8 Å². The number of halogens is 1. The molecule has 7 heteroatoms. The SMILES string of the molecule is CCc1ccccc1O[C@H](C)C(=O)NCc1nc(-c2ccccc2Cl)no1. The van der Waals surface area contributed by atoms with Gasteiger partial charge in [0, 0.05) is 5.56 Å². The second kappa shape index (κ2) is 8.68. The Kier molecular flexibility index (Phi) is 6.08. The van der Waals surface area contributed by atoms with Crippen LogP contribution in [0.4, 0.5) is 0 Å². The fourth-order valence-electron chi connectivity index (χ4n) is 2.54. The highest BCUT2D eigenvalue weighted by molar-refractivity contribution is 6.33. The van der Waals surface area contributed by atoms with E-state index in [0.29, 0.717) is 28.1 Å². The number of aryl methyl sites for hydroxylation is 1. The highest BCUT2D eigenvalue weighted by Crippen LogP contribution is 2.24. The largest absolute Gasteiger partial charge is 0.481 e. The van der Waals surface area contributed by atoms with E-state index in [4.69, 9.17) is 20.9 Å². The van der Waals surface area contributed by atoms with Gasteiger partial charge in [0.1, 0.15) is 5.75 Å². The molecule has 0 radical (unpaired) electrons. The Morgan fingerprint density at radius 2 is 1.96 bits per heavy atom. The first-order valence-electron chi connectivity index (χ1n) is 8.68. The van der Waals surface area contributed by atoms with Crippen molar-refractivity contribution in [3.05, 3.63) is 65.0 Å². The van der Waals surface area contributed by atoms with Gasteiger partial charge < -0.3 is 14.6 Å². The number of hydrogen-bond donors (Lipinski definition) is 1. The molecule has 1 amide bonds. The molecule has 3 rings (SSSR count). The van der Waals surface area contributed by atoms with Crippen molar-refractivity contribution < 1.29 is 14.1 Å². The number of carbonyl (C=O) groups excluding carboxylic acids is 1. The molecule has 2 aromatic carbocycles. The van der Waals surface area contributed by atoms with Gasteiger partial charge in [0.05, 0.1) is 11.6 Å². The molecule has 0 bridgehead atoms. The van der Waals surface area contributed by atoms with Crippen molar-refractivity contribution in [3.63, 3.8) is 0 Å². The summed E-state index contributed by atoms with van der Waals surface area (Å²) in [6, 6.07) is 14.9. The first-order chi connectivity index (χ1) is 13.1. The second-order valence-electron chi connectivity index (χ2n) is 5.93. The maximum atomic E-state index is 12.3. The van der Waals surface area contributed by atoms with Gasteiger partial charge in [-0.05, 0) is 37.1 Å². The normalized spacial score (nSPS) is 11.8. The van der Waals surface area contributed by atoms with E-state index in [2.05, 4.69) is 15.5 Å². The van der Waals surface area contributed by atoms with Crippen molar-refractivity contribution >= 4 is 17.5 Å². The molecular weight excluding hydrogens is 366 g/mol. The molecular formula is C20H20ClN3O3. The smallest absolute Gasteiger partial charge is 0.261 e. The third-order valence-corrected chi connectivity index (χ3v) is 4.35. The van der Waals surface area contributed by atoms with Gasteiger partial charge in [-0.25, -0.2) is 0 Å². The molecule has 1 heterocycles. The van der Waals surface area contributed by atoms with E-state index in [0.717, 1.165) is 12.0 Å². The molecule has 0 saturated carbocycles. The average molecular weight is 386 g/mol. The summed E-state index contributed by atoms with van der Waals surface area (Å²) < 4.78 is 11.0. The highest BCUT2D eigenvalue weighted by Gasteiger charge is 2.17. The van der Waals surface area contributed by atoms with E-state index in [1.54, 1.807) is 19.1 Å². The minimum atomic E-state index is -0.649. The molecule has 0 saturated heterocycles. The molecule has 0 aliphatic carbocycles. The number of nitrogens with one attached hydrogen (secondary N) is 1. The van der Waals surface area contributed by atoms with Crippen LogP contribution in [0.2, 0.25) is 5.02 Å². The van der Waals surface area contributed by atoms with E-state index in [1.807, 2.05) is 43.3 Å². The molecule has 0 unspecified atom stereocenters. The van der Waals surface area contributed by atoms with Gasteiger partial charge in [-0.1, -0.05) is 54.0 Å². The van der Waals surface area contributed by atoms with Gasteiger partial charge in [-0.2, -0.15) is 4.98 Å². The Morgan fingerprint density at radius 1 is 1.22 bits per heavy atom. The van der Waals surface area contributed by atoms with Crippen LogP contribution in [0.25, 0.3) is 11.4 Å².